The molecule has 0 atom stereocenters. The van der Waals surface area contributed by atoms with Crippen molar-refractivity contribution in [3.05, 3.63) is 87.3 Å². The van der Waals surface area contributed by atoms with Crippen molar-refractivity contribution in [1.82, 2.24) is 19.4 Å². The first kappa shape index (κ1) is 24.9. The van der Waals surface area contributed by atoms with Crippen LogP contribution in [-0.4, -0.2) is 55.9 Å². The smallest absolute Gasteiger partial charge is 0.341 e. The molecule has 9 heteroatoms. The molecule has 1 saturated heterocycles. The van der Waals surface area contributed by atoms with Crippen LogP contribution in [0.2, 0.25) is 0 Å². The second-order valence-corrected chi connectivity index (χ2v) is 10.2. The zero-order valence-electron chi connectivity index (χ0n) is 21.5. The van der Waals surface area contributed by atoms with Crippen molar-refractivity contribution in [2.45, 2.75) is 38.5 Å². The number of carboxylic acids is 1. The summed E-state index contributed by atoms with van der Waals surface area (Å²) in [6, 6.07) is 14.1. The van der Waals surface area contributed by atoms with Crippen LogP contribution >= 0.6 is 0 Å². The third-order valence-corrected chi connectivity index (χ3v) is 7.68. The predicted molar refractivity (Wildman–Crippen MR) is 148 cm³/mol. The maximum atomic E-state index is 12.9. The van der Waals surface area contributed by atoms with Gasteiger partial charge in [0.25, 0.3) is 0 Å². The van der Waals surface area contributed by atoms with E-state index in [2.05, 4.69) is 38.4 Å². The fourth-order valence-electron chi connectivity index (χ4n) is 5.43. The number of ketones is 1. The zero-order valence-corrected chi connectivity index (χ0v) is 21.5. The highest BCUT2D eigenvalue weighted by Crippen LogP contribution is 2.26. The molecule has 2 aromatic heterocycles. The molecule has 1 fully saturated rings. The van der Waals surface area contributed by atoms with E-state index in [1.165, 1.54) is 29.1 Å². The number of carbonyl (C=O) groups is 2. The quantitative estimate of drug-likeness (QED) is 0.374. The molecule has 2 aliphatic rings. The van der Waals surface area contributed by atoms with Crippen molar-refractivity contribution in [3.8, 4) is 5.69 Å². The van der Waals surface area contributed by atoms with Gasteiger partial charge in [0.2, 0.25) is 11.4 Å². The maximum Gasteiger partial charge on any atom is 0.341 e. The maximum absolute atomic E-state index is 12.9. The number of piperidine rings is 1. The Morgan fingerprint density at radius 2 is 1.74 bits per heavy atom. The van der Waals surface area contributed by atoms with E-state index < -0.39 is 11.4 Å². The molecule has 0 spiro atoms. The number of aromatic nitrogens is 3. The van der Waals surface area contributed by atoms with Gasteiger partial charge < -0.3 is 19.9 Å². The summed E-state index contributed by atoms with van der Waals surface area (Å²) >= 11 is 0. The fourth-order valence-corrected chi connectivity index (χ4v) is 5.43. The first-order valence-electron chi connectivity index (χ1n) is 13.3. The number of likely N-dealkylation sites (tertiary alicyclic amines) is 1. The molecule has 0 saturated carbocycles. The molecular weight excluding hydrogens is 494 g/mol. The minimum absolute atomic E-state index is 0.149. The van der Waals surface area contributed by atoms with E-state index in [0.717, 1.165) is 56.7 Å². The number of nitrogens with one attached hydrogen (secondary N) is 1. The molecule has 0 bridgehead atoms. The first-order valence-corrected chi connectivity index (χ1v) is 13.3. The predicted octanol–water partition coefficient (Wildman–Crippen LogP) is 3.92. The molecule has 4 aromatic rings. The van der Waals surface area contributed by atoms with E-state index in [-0.39, 0.29) is 10.9 Å². The molecule has 3 heterocycles. The van der Waals surface area contributed by atoms with E-state index >= 15 is 0 Å². The van der Waals surface area contributed by atoms with Gasteiger partial charge in [0.1, 0.15) is 11.3 Å². The van der Waals surface area contributed by atoms with Crippen molar-refractivity contribution in [2.24, 2.45) is 0 Å². The average Bonchev–Trinajstić information content (AvgIpc) is 3.42. The number of nitrogens with zero attached hydrogens (tertiary/aromatic N) is 4. The van der Waals surface area contributed by atoms with Crippen LogP contribution < -0.4 is 10.7 Å². The number of rotatable bonds is 7. The molecule has 6 rings (SSSR count). The third kappa shape index (κ3) is 5.18. The number of carbonyl (C=O) groups excluding carboxylic acids is 1. The van der Waals surface area contributed by atoms with E-state index in [0.29, 0.717) is 30.2 Å². The zero-order chi connectivity index (χ0) is 26.9. The van der Waals surface area contributed by atoms with Gasteiger partial charge in [-0.3, -0.25) is 9.59 Å². The Morgan fingerprint density at radius 1 is 0.974 bits per heavy atom. The number of pyridine rings is 1. The highest BCUT2D eigenvalue weighted by Gasteiger charge is 2.19. The van der Waals surface area contributed by atoms with Gasteiger partial charge in [-0.2, -0.15) is 4.98 Å². The van der Waals surface area contributed by atoms with Crippen LogP contribution in [0, 0.1) is 0 Å². The standard InChI is InChI=1S/C30H29N5O4/c36-24-11-14-34(15-12-24)13-10-19-4-7-22(8-5-19)32-30-31-17-25-27(37)26(29(38)39)18-35(28(25)33-30)23-9-6-20-2-1-3-21(20)16-23/h4-9,16-18H,1-3,10-15H2,(H,38,39)(H,31,32,33). The van der Waals surface area contributed by atoms with Gasteiger partial charge in [-0.1, -0.05) is 18.2 Å². The van der Waals surface area contributed by atoms with E-state index in [1.807, 2.05) is 24.3 Å². The van der Waals surface area contributed by atoms with Gasteiger partial charge in [-0.15, -0.1) is 0 Å². The summed E-state index contributed by atoms with van der Waals surface area (Å²) in [5.74, 6) is -0.623. The molecule has 1 aliphatic carbocycles. The first-order chi connectivity index (χ1) is 18.9. The van der Waals surface area contributed by atoms with Gasteiger partial charge >= 0.3 is 5.97 Å². The molecule has 9 nitrogen and oxygen atoms in total. The number of anilines is 2. The lowest BCUT2D eigenvalue weighted by atomic mass is 10.1. The van der Waals surface area contributed by atoms with Gasteiger partial charge in [-0.05, 0) is 66.6 Å². The number of hydrogen-bond donors (Lipinski definition) is 2. The molecular formula is C30H29N5O4. The normalized spacial score (nSPS) is 15.4. The summed E-state index contributed by atoms with van der Waals surface area (Å²) in [6.07, 6.45) is 8.05. The fraction of sp³-hybridized carbons (Fsp3) is 0.300. The second-order valence-electron chi connectivity index (χ2n) is 10.2. The van der Waals surface area contributed by atoms with Crippen LogP contribution in [0.25, 0.3) is 16.7 Å². The van der Waals surface area contributed by atoms with Crippen molar-refractivity contribution >= 4 is 34.4 Å². The molecule has 2 aromatic carbocycles. The summed E-state index contributed by atoms with van der Waals surface area (Å²) in [5.41, 5.74) is 4.71. The van der Waals surface area contributed by atoms with Crippen molar-refractivity contribution in [1.29, 1.82) is 0 Å². The average molecular weight is 524 g/mol. The van der Waals surface area contributed by atoms with E-state index in [9.17, 15) is 19.5 Å². The van der Waals surface area contributed by atoms with Crippen LogP contribution in [0.5, 0.6) is 0 Å². The topological polar surface area (TPSA) is 117 Å². The molecule has 198 valence electrons. The van der Waals surface area contributed by atoms with Crippen LogP contribution in [-0.2, 0) is 24.1 Å². The van der Waals surface area contributed by atoms with Crippen molar-refractivity contribution in [2.75, 3.05) is 25.0 Å². The van der Waals surface area contributed by atoms with E-state index in [4.69, 9.17) is 0 Å². The Balaban J connectivity index is 1.27. The second kappa shape index (κ2) is 10.4. The minimum Gasteiger partial charge on any atom is -0.477 e. The number of hydrogen-bond acceptors (Lipinski definition) is 7. The summed E-state index contributed by atoms with van der Waals surface area (Å²) in [5, 5.41) is 13.0. The largest absolute Gasteiger partial charge is 0.477 e. The molecule has 0 radical (unpaired) electrons. The highest BCUT2D eigenvalue weighted by atomic mass is 16.4. The Labute approximate surface area is 225 Å². The summed E-state index contributed by atoms with van der Waals surface area (Å²) in [7, 11) is 0. The van der Waals surface area contributed by atoms with Crippen LogP contribution in [0.1, 0.15) is 46.3 Å². The van der Waals surface area contributed by atoms with Gasteiger partial charge in [-0.25, -0.2) is 9.78 Å². The Morgan fingerprint density at radius 3 is 2.51 bits per heavy atom. The number of carboxylic acid groups (broad SMARTS) is 1. The lowest BCUT2D eigenvalue weighted by Gasteiger charge is -2.25. The molecule has 0 unspecified atom stereocenters. The summed E-state index contributed by atoms with van der Waals surface area (Å²) in [6.45, 7) is 2.59. The lowest BCUT2D eigenvalue weighted by molar-refractivity contribution is -0.121. The minimum atomic E-state index is -1.28. The van der Waals surface area contributed by atoms with Gasteiger partial charge in [0.15, 0.2) is 5.65 Å². The Kier molecular flexibility index (Phi) is 6.66. The van der Waals surface area contributed by atoms with E-state index in [1.54, 1.807) is 4.57 Å². The number of aromatic carboxylic acids is 1. The van der Waals surface area contributed by atoms with Crippen molar-refractivity contribution in [3.63, 3.8) is 0 Å². The van der Waals surface area contributed by atoms with Crippen LogP contribution in [0.4, 0.5) is 11.6 Å². The Bertz CT molecular complexity index is 1630. The highest BCUT2D eigenvalue weighted by molar-refractivity contribution is 5.92. The van der Waals surface area contributed by atoms with Crippen molar-refractivity contribution < 1.29 is 14.7 Å². The number of benzene rings is 2. The van der Waals surface area contributed by atoms with Crippen LogP contribution in [0.15, 0.2) is 59.7 Å². The monoisotopic (exact) mass is 523 g/mol. The van der Waals surface area contributed by atoms with Gasteiger partial charge in [0, 0.05) is 56.2 Å². The third-order valence-electron chi connectivity index (χ3n) is 7.68. The molecule has 39 heavy (non-hydrogen) atoms. The number of fused-ring (bicyclic) bond motifs is 2. The molecule has 0 amide bonds. The summed E-state index contributed by atoms with van der Waals surface area (Å²) < 4.78 is 1.67. The molecule has 2 N–H and O–H groups in total. The van der Waals surface area contributed by atoms with Gasteiger partial charge in [0.05, 0.1) is 5.39 Å². The number of Topliss-reactive ketones (excluding diaryl/α,β-unsaturated/α-hetero) is 1. The van der Waals surface area contributed by atoms with Crippen LogP contribution in [0.3, 0.4) is 0 Å². The molecule has 1 aliphatic heterocycles. The Hall–Kier alpha value is -4.37. The number of aryl methyl sites for hydroxylation is 2. The SMILES string of the molecule is O=C1CCN(CCc2ccc(Nc3ncc4c(=O)c(C(=O)O)cn(-c5ccc6c(c5)CCC6)c4n3)cc2)CC1. The summed E-state index contributed by atoms with van der Waals surface area (Å²) in [4.78, 5) is 47.5. The lowest BCUT2D eigenvalue weighted by Crippen LogP contribution is -2.35.